The summed E-state index contributed by atoms with van der Waals surface area (Å²) in [6.45, 7) is 2.15. The number of carbonyl (C=O) groups is 1. The molecular formula is C17H25BrO3. The van der Waals surface area contributed by atoms with Crippen molar-refractivity contribution >= 4 is 21.9 Å². The predicted molar refractivity (Wildman–Crippen MR) is 87.5 cm³/mol. The first-order chi connectivity index (χ1) is 10.1. The van der Waals surface area contributed by atoms with Crippen LogP contribution in [0.15, 0.2) is 23.8 Å². The lowest BCUT2D eigenvalue weighted by Gasteiger charge is -2.43. The molecule has 0 aromatic rings. The molecule has 3 nitrogen and oxygen atoms in total. The molecule has 2 aliphatic rings. The lowest BCUT2D eigenvalue weighted by Crippen LogP contribution is -2.47. The first kappa shape index (κ1) is 16.8. The second-order valence-electron chi connectivity index (χ2n) is 5.88. The highest BCUT2D eigenvalue weighted by molar-refractivity contribution is 9.09. The molecule has 0 heterocycles. The van der Waals surface area contributed by atoms with Crippen LogP contribution < -0.4 is 0 Å². The fourth-order valence-electron chi connectivity index (χ4n) is 3.33. The lowest BCUT2D eigenvalue weighted by molar-refractivity contribution is -0.142. The molecule has 1 fully saturated rings. The molecule has 2 atom stereocenters. The largest absolute Gasteiger partial charge is 0.461 e. The second kappa shape index (κ2) is 7.59. The lowest BCUT2D eigenvalue weighted by atomic mass is 9.73. The van der Waals surface area contributed by atoms with Gasteiger partial charge in [-0.2, -0.15) is 0 Å². The number of ether oxygens (including phenoxy) is 2. The van der Waals surface area contributed by atoms with Crippen molar-refractivity contribution in [1.29, 1.82) is 0 Å². The molecule has 4 heteroatoms. The Morgan fingerprint density at radius 3 is 2.67 bits per heavy atom. The topological polar surface area (TPSA) is 35.5 Å². The molecule has 2 aliphatic carbocycles. The number of halogens is 1. The molecule has 0 spiro atoms. The van der Waals surface area contributed by atoms with E-state index in [1.807, 2.05) is 0 Å². The Hall–Kier alpha value is -0.610. The normalized spacial score (nSPS) is 30.0. The van der Waals surface area contributed by atoms with Crippen LogP contribution in [0.1, 0.15) is 45.4 Å². The van der Waals surface area contributed by atoms with Gasteiger partial charge in [-0.3, -0.25) is 4.79 Å². The highest BCUT2D eigenvalue weighted by Crippen LogP contribution is 2.43. The minimum Gasteiger partial charge on any atom is -0.461 e. The number of methoxy groups -OCH3 is 1. The van der Waals surface area contributed by atoms with Gasteiger partial charge in [0.2, 0.25) is 0 Å². The van der Waals surface area contributed by atoms with Crippen LogP contribution >= 0.6 is 15.9 Å². The Labute approximate surface area is 135 Å². The van der Waals surface area contributed by atoms with Gasteiger partial charge in [-0.05, 0) is 24.3 Å². The molecule has 0 aromatic heterocycles. The number of alkyl halides is 1. The van der Waals surface area contributed by atoms with E-state index in [9.17, 15) is 4.79 Å². The zero-order valence-electron chi connectivity index (χ0n) is 12.9. The van der Waals surface area contributed by atoms with Crippen molar-refractivity contribution in [1.82, 2.24) is 0 Å². The fraction of sp³-hybridized carbons (Fsp3) is 0.706. The third-order valence-corrected chi connectivity index (χ3v) is 5.61. The maximum atomic E-state index is 11.3. The highest BCUT2D eigenvalue weighted by Gasteiger charge is 2.43. The van der Waals surface area contributed by atoms with Gasteiger partial charge >= 0.3 is 5.97 Å². The Kier molecular flexibility index (Phi) is 6.06. The minimum atomic E-state index is -0.265. The summed E-state index contributed by atoms with van der Waals surface area (Å²) in [6, 6.07) is 0. The molecule has 0 N–H and O–H groups in total. The van der Waals surface area contributed by atoms with Gasteiger partial charge in [-0.15, -0.1) is 0 Å². The molecule has 21 heavy (non-hydrogen) atoms. The summed E-state index contributed by atoms with van der Waals surface area (Å²) in [5.74, 6) is 0.388. The molecule has 0 aliphatic heterocycles. The number of hydrogen-bond acceptors (Lipinski definition) is 3. The Balaban J connectivity index is 2.05. The number of esters is 1. The van der Waals surface area contributed by atoms with Gasteiger partial charge < -0.3 is 9.47 Å². The molecule has 2 unspecified atom stereocenters. The minimum absolute atomic E-state index is 0.124. The van der Waals surface area contributed by atoms with Gasteiger partial charge in [0, 0.05) is 13.5 Å². The van der Waals surface area contributed by atoms with Gasteiger partial charge in [-0.25, -0.2) is 0 Å². The first-order valence-electron chi connectivity index (χ1n) is 7.87. The van der Waals surface area contributed by atoms with Gasteiger partial charge in [0.25, 0.3) is 0 Å². The summed E-state index contributed by atoms with van der Waals surface area (Å²) in [4.78, 5) is 11.4. The van der Waals surface area contributed by atoms with E-state index in [-0.39, 0.29) is 16.4 Å². The second-order valence-corrected chi connectivity index (χ2v) is 6.87. The number of rotatable bonds is 5. The van der Waals surface area contributed by atoms with Crippen LogP contribution in [-0.2, 0) is 14.3 Å². The zero-order chi connectivity index (χ0) is 15.3. The van der Waals surface area contributed by atoms with Gasteiger partial charge in [0.05, 0.1) is 4.83 Å². The summed E-state index contributed by atoms with van der Waals surface area (Å²) < 4.78 is 11.1. The molecule has 0 amide bonds. The van der Waals surface area contributed by atoms with E-state index < -0.39 is 0 Å². The van der Waals surface area contributed by atoms with Crippen molar-refractivity contribution < 1.29 is 14.3 Å². The van der Waals surface area contributed by atoms with Crippen molar-refractivity contribution in [3.63, 3.8) is 0 Å². The predicted octanol–water partition coefficient (Wildman–Crippen LogP) is 4.16. The van der Waals surface area contributed by atoms with Crippen molar-refractivity contribution in [2.24, 2.45) is 5.92 Å². The van der Waals surface area contributed by atoms with Crippen LogP contribution in [0.25, 0.3) is 0 Å². The number of carbonyl (C=O) groups excluding carboxylic acids is 1. The standard InChI is InChI=1S/C17H25BrO3/c1-3-16(19)21-12-13-9-10-17(20-2,15(18)11-13)14-7-5-4-6-8-14/h9-11,14-15H,3-8,12H2,1-2H3. The van der Waals surface area contributed by atoms with Crippen LogP contribution in [0.5, 0.6) is 0 Å². The molecule has 0 bridgehead atoms. The maximum absolute atomic E-state index is 11.3. The smallest absolute Gasteiger partial charge is 0.305 e. The Morgan fingerprint density at radius 2 is 2.10 bits per heavy atom. The molecule has 0 radical (unpaired) electrons. The van der Waals surface area contributed by atoms with E-state index in [0.29, 0.717) is 18.9 Å². The quantitative estimate of drug-likeness (QED) is 0.547. The SMILES string of the molecule is CCC(=O)OCC1=CC(Br)C(OC)(C2CCCCC2)C=C1. The summed E-state index contributed by atoms with van der Waals surface area (Å²) in [5.41, 5.74) is 0.765. The highest BCUT2D eigenvalue weighted by atomic mass is 79.9. The van der Waals surface area contributed by atoms with Gasteiger partial charge in [-0.1, -0.05) is 60.3 Å². The molecule has 1 saturated carbocycles. The maximum Gasteiger partial charge on any atom is 0.305 e. The van der Waals surface area contributed by atoms with E-state index in [2.05, 4.69) is 34.2 Å². The van der Waals surface area contributed by atoms with Crippen LogP contribution in [0, 0.1) is 5.92 Å². The first-order valence-corrected chi connectivity index (χ1v) is 8.78. The fourth-order valence-corrected chi connectivity index (χ4v) is 4.38. The molecule has 118 valence electrons. The number of hydrogen-bond donors (Lipinski definition) is 0. The molecule has 0 aromatic carbocycles. The third kappa shape index (κ3) is 3.78. The van der Waals surface area contributed by atoms with Gasteiger partial charge in [0.15, 0.2) is 0 Å². The van der Waals surface area contributed by atoms with Crippen LogP contribution in [0.4, 0.5) is 0 Å². The molecular weight excluding hydrogens is 332 g/mol. The zero-order valence-corrected chi connectivity index (χ0v) is 14.5. The Morgan fingerprint density at radius 1 is 1.38 bits per heavy atom. The summed E-state index contributed by atoms with van der Waals surface area (Å²) in [6.07, 6.45) is 13.1. The monoisotopic (exact) mass is 356 g/mol. The van der Waals surface area contributed by atoms with E-state index in [4.69, 9.17) is 9.47 Å². The Bertz CT molecular complexity index is 424. The molecule has 0 saturated heterocycles. The van der Waals surface area contributed by atoms with E-state index in [0.717, 1.165) is 5.57 Å². The van der Waals surface area contributed by atoms with Crippen LogP contribution in [0.3, 0.4) is 0 Å². The molecule has 2 rings (SSSR count). The summed E-state index contributed by atoms with van der Waals surface area (Å²) in [5, 5.41) is 0. The van der Waals surface area contributed by atoms with E-state index in [1.165, 1.54) is 32.1 Å². The van der Waals surface area contributed by atoms with Gasteiger partial charge in [0.1, 0.15) is 12.2 Å². The summed E-state index contributed by atoms with van der Waals surface area (Å²) >= 11 is 3.78. The average molecular weight is 357 g/mol. The van der Waals surface area contributed by atoms with Crippen molar-refractivity contribution in [2.75, 3.05) is 13.7 Å². The van der Waals surface area contributed by atoms with Crippen LogP contribution in [0.2, 0.25) is 0 Å². The van der Waals surface area contributed by atoms with E-state index in [1.54, 1.807) is 14.0 Å². The van der Waals surface area contributed by atoms with Crippen molar-refractivity contribution in [2.45, 2.75) is 55.9 Å². The van der Waals surface area contributed by atoms with Crippen LogP contribution in [-0.4, -0.2) is 30.1 Å². The van der Waals surface area contributed by atoms with Crippen molar-refractivity contribution in [3.05, 3.63) is 23.8 Å². The average Bonchev–Trinajstić information content (AvgIpc) is 2.54. The summed E-state index contributed by atoms with van der Waals surface area (Å²) in [7, 11) is 1.79. The third-order valence-electron chi connectivity index (χ3n) is 4.63. The van der Waals surface area contributed by atoms with E-state index >= 15 is 0 Å². The van der Waals surface area contributed by atoms with Crippen molar-refractivity contribution in [3.8, 4) is 0 Å².